The number of hydrogen-bond acceptors (Lipinski definition) is 4. The van der Waals surface area contributed by atoms with E-state index in [4.69, 9.17) is 16.9 Å². The summed E-state index contributed by atoms with van der Waals surface area (Å²) in [6.45, 7) is 0. The minimum atomic E-state index is -1.29. The maximum atomic E-state index is 12.3. The summed E-state index contributed by atoms with van der Waals surface area (Å²) in [5, 5.41) is 9.60. The third-order valence-electron chi connectivity index (χ3n) is 3.43. The number of aromatic amines is 1. The fourth-order valence-corrected chi connectivity index (χ4v) is 2.99. The molecular weight excluding hydrogens is 348 g/mol. The maximum Gasteiger partial charge on any atom is 0.207 e. The van der Waals surface area contributed by atoms with Gasteiger partial charge in [-0.15, -0.1) is 0 Å². The lowest BCUT2D eigenvalue weighted by atomic mass is 10.0. The zero-order valence-corrected chi connectivity index (χ0v) is 14.0. The number of pyridine rings is 2. The number of H-pyrrole nitrogens is 1. The highest BCUT2D eigenvalue weighted by atomic mass is 35.5. The van der Waals surface area contributed by atoms with Crippen LogP contribution in [0.2, 0.25) is 5.15 Å². The first-order chi connectivity index (χ1) is 11.5. The van der Waals surface area contributed by atoms with Crippen molar-refractivity contribution in [2.24, 2.45) is 0 Å². The smallest absolute Gasteiger partial charge is 0.207 e. The van der Waals surface area contributed by atoms with E-state index in [-0.39, 0.29) is 16.1 Å². The van der Waals surface area contributed by atoms with Gasteiger partial charge < -0.3 is 9.71 Å². The molecule has 1 aromatic carbocycles. The standard InChI is InChI=1S/C16H11ClN4O2S/c1-24(23)21-14-5-10(7-20-16(14)17)9-2-3-13-12(4-9)15(22)11(6-18)8-19-13/h2-5,7-8,21H,1H3,(H,19,22). The predicted molar refractivity (Wildman–Crippen MR) is 95.2 cm³/mol. The summed E-state index contributed by atoms with van der Waals surface area (Å²) in [5.74, 6) is 0. The summed E-state index contributed by atoms with van der Waals surface area (Å²) >= 11 is 5.99. The number of fused-ring (bicyclic) bond motifs is 1. The third-order valence-corrected chi connectivity index (χ3v) is 4.24. The number of nitrogens with zero attached hydrogens (tertiary/aromatic N) is 2. The van der Waals surface area contributed by atoms with Crippen molar-refractivity contribution in [2.75, 3.05) is 11.0 Å². The molecule has 0 amide bonds. The normalized spacial score (nSPS) is 11.9. The van der Waals surface area contributed by atoms with Gasteiger partial charge in [0.2, 0.25) is 5.43 Å². The highest BCUT2D eigenvalue weighted by Gasteiger charge is 2.09. The Balaban J connectivity index is 2.16. The van der Waals surface area contributed by atoms with Gasteiger partial charge in [0.15, 0.2) is 5.15 Å². The fraction of sp³-hybridized carbons (Fsp3) is 0.0625. The van der Waals surface area contributed by atoms with Crippen LogP contribution in [0.5, 0.6) is 0 Å². The van der Waals surface area contributed by atoms with Crippen molar-refractivity contribution in [1.29, 1.82) is 5.26 Å². The number of hydrogen-bond donors (Lipinski definition) is 2. The molecule has 0 aliphatic rings. The van der Waals surface area contributed by atoms with Crippen molar-refractivity contribution in [2.45, 2.75) is 0 Å². The van der Waals surface area contributed by atoms with Crippen LogP contribution < -0.4 is 10.2 Å². The zero-order chi connectivity index (χ0) is 17.3. The molecule has 24 heavy (non-hydrogen) atoms. The number of nitriles is 1. The first kappa shape index (κ1) is 16.2. The van der Waals surface area contributed by atoms with Crippen molar-refractivity contribution in [3.63, 3.8) is 0 Å². The molecule has 6 nitrogen and oxygen atoms in total. The Morgan fingerprint density at radius 2 is 2.12 bits per heavy atom. The highest BCUT2D eigenvalue weighted by Crippen LogP contribution is 2.28. The molecule has 0 radical (unpaired) electrons. The van der Waals surface area contributed by atoms with Crippen LogP contribution in [0, 0.1) is 11.3 Å². The number of halogens is 1. The van der Waals surface area contributed by atoms with Crippen LogP contribution in [-0.2, 0) is 11.0 Å². The molecule has 1 unspecified atom stereocenters. The summed E-state index contributed by atoms with van der Waals surface area (Å²) in [5.41, 5.74) is 2.24. The third kappa shape index (κ3) is 3.02. The molecule has 0 bridgehead atoms. The number of aromatic nitrogens is 2. The van der Waals surface area contributed by atoms with Crippen molar-refractivity contribution in [3.05, 3.63) is 57.6 Å². The van der Waals surface area contributed by atoms with Gasteiger partial charge >= 0.3 is 0 Å². The highest BCUT2D eigenvalue weighted by molar-refractivity contribution is 7.85. The molecule has 0 spiro atoms. The van der Waals surface area contributed by atoms with Gasteiger partial charge in [-0.3, -0.25) is 4.79 Å². The van der Waals surface area contributed by atoms with Gasteiger partial charge in [-0.2, -0.15) is 5.26 Å². The van der Waals surface area contributed by atoms with Gasteiger partial charge in [0.25, 0.3) is 0 Å². The Morgan fingerprint density at radius 3 is 2.83 bits per heavy atom. The van der Waals surface area contributed by atoms with E-state index in [0.717, 1.165) is 5.56 Å². The Labute approximate surface area is 144 Å². The molecule has 0 saturated carbocycles. The lowest BCUT2D eigenvalue weighted by Gasteiger charge is -2.08. The second-order valence-corrected chi connectivity index (χ2v) is 6.49. The molecule has 2 aromatic heterocycles. The first-order valence-electron chi connectivity index (χ1n) is 6.81. The van der Waals surface area contributed by atoms with E-state index >= 15 is 0 Å². The average Bonchev–Trinajstić information content (AvgIpc) is 2.57. The topological polar surface area (TPSA) is 98.6 Å². The van der Waals surface area contributed by atoms with E-state index in [9.17, 15) is 9.00 Å². The molecule has 1 atom stereocenters. The van der Waals surface area contributed by atoms with E-state index in [0.29, 0.717) is 22.2 Å². The molecule has 3 rings (SSSR count). The van der Waals surface area contributed by atoms with E-state index < -0.39 is 11.0 Å². The molecule has 120 valence electrons. The lowest BCUT2D eigenvalue weighted by molar-refractivity contribution is 0.690. The number of rotatable bonds is 3. The molecule has 8 heteroatoms. The van der Waals surface area contributed by atoms with Crippen LogP contribution in [0.1, 0.15) is 5.56 Å². The van der Waals surface area contributed by atoms with E-state index in [1.54, 1.807) is 24.4 Å². The molecular formula is C16H11ClN4O2S. The average molecular weight is 359 g/mol. The summed E-state index contributed by atoms with van der Waals surface area (Å²) in [7, 11) is -1.29. The molecule has 0 fully saturated rings. The van der Waals surface area contributed by atoms with Gasteiger partial charge in [0, 0.05) is 35.1 Å². The summed E-state index contributed by atoms with van der Waals surface area (Å²) in [4.78, 5) is 19.3. The Bertz CT molecular complexity index is 1070. The number of nitrogens with one attached hydrogen (secondary N) is 2. The second-order valence-electron chi connectivity index (χ2n) is 5.02. The van der Waals surface area contributed by atoms with Crippen LogP contribution >= 0.6 is 11.6 Å². The van der Waals surface area contributed by atoms with Crippen molar-refractivity contribution < 1.29 is 4.21 Å². The minimum Gasteiger partial charge on any atom is -0.360 e. The Hall–Kier alpha value is -2.69. The SMILES string of the molecule is CS(=O)Nc1cc(-c2ccc3[nH]cc(C#N)c(=O)c3c2)cnc1Cl. The molecule has 3 aromatic rings. The van der Waals surface area contributed by atoms with Crippen LogP contribution in [-0.4, -0.2) is 20.4 Å². The molecule has 2 N–H and O–H groups in total. The van der Waals surface area contributed by atoms with E-state index in [1.165, 1.54) is 12.5 Å². The molecule has 0 aliphatic heterocycles. The Kier molecular flexibility index (Phi) is 4.34. The largest absolute Gasteiger partial charge is 0.360 e. The summed E-state index contributed by atoms with van der Waals surface area (Å²) in [6, 6.07) is 8.84. The number of anilines is 1. The van der Waals surface area contributed by atoms with Gasteiger partial charge in [-0.25, -0.2) is 9.19 Å². The second kappa shape index (κ2) is 6.43. The van der Waals surface area contributed by atoms with Crippen molar-refractivity contribution in [3.8, 4) is 17.2 Å². The van der Waals surface area contributed by atoms with Crippen LogP contribution in [0.3, 0.4) is 0 Å². The lowest BCUT2D eigenvalue weighted by Crippen LogP contribution is -2.07. The fourth-order valence-electron chi connectivity index (χ4n) is 2.31. The van der Waals surface area contributed by atoms with Crippen LogP contribution in [0.15, 0.2) is 41.5 Å². The van der Waals surface area contributed by atoms with Crippen molar-refractivity contribution in [1.82, 2.24) is 9.97 Å². The monoisotopic (exact) mass is 358 g/mol. The molecule has 0 saturated heterocycles. The van der Waals surface area contributed by atoms with E-state index in [2.05, 4.69) is 14.7 Å². The summed E-state index contributed by atoms with van der Waals surface area (Å²) < 4.78 is 14.1. The van der Waals surface area contributed by atoms with Crippen LogP contribution in [0.25, 0.3) is 22.0 Å². The van der Waals surface area contributed by atoms with E-state index in [1.807, 2.05) is 12.1 Å². The van der Waals surface area contributed by atoms with Gasteiger partial charge in [-0.05, 0) is 23.8 Å². The van der Waals surface area contributed by atoms with Gasteiger partial charge in [0.05, 0.1) is 5.69 Å². The van der Waals surface area contributed by atoms with Gasteiger partial charge in [0.1, 0.15) is 22.6 Å². The molecule has 0 aliphatic carbocycles. The maximum absolute atomic E-state index is 12.3. The Morgan fingerprint density at radius 1 is 1.33 bits per heavy atom. The minimum absolute atomic E-state index is 0.0533. The van der Waals surface area contributed by atoms with Gasteiger partial charge in [-0.1, -0.05) is 17.7 Å². The predicted octanol–water partition coefficient (Wildman–Crippen LogP) is 2.82. The van der Waals surface area contributed by atoms with Crippen molar-refractivity contribution >= 4 is 39.2 Å². The first-order valence-corrected chi connectivity index (χ1v) is 8.75. The number of benzene rings is 1. The summed E-state index contributed by atoms with van der Waals surface area (Å²) in [6.07, 6.45) is 4.45. The zero-order valence-electron chi connectivity index (χ0n) is 12.5. The molecule has 2 heterocycles. The van der Waals surface area contributed by atoms with Crippen LogP contribution in [0.4, 0.5) is 5.69 Å². The quantitative estimate of drug-likeness (QED) is 0.703.